The largest absolute Gasteiger partial charge is 0.327 e. The van der Waals surface area contributed by atoms with Crippen molar-refractivity contribution < 1.29 is 0 Å². The van der Waals surface area contributed by atoms with Crippen LogP contribution in [0.3, 0.4) is 0 Å². The summed E-state index contributed by atoms with van der Waals surface area (Å²) in [5.41, 5.74) is 6.57. The minimum absolute atomic E-state index is 0.476. The van der Waals surface area contributed by atoms with Crippen LogP contribution in [0.15, 0.2) is 0 Å². The average Bonchev–Trinajstić information content (AvgIpc) is 2.03. The molecule has 0 aromatic carbocycles. The Balaban J connectivity index is 2.55. The monoisotopic (exact) mass is 183 g/mol. The van der Waals surface area contributed by atoms with Gasteiger partial charge in [0.05, 0.1) is 0 Å². The molecule has 3 atom stereocenters. The third kappa shape index (κ3) is 2.70. The Labute approximate surface area is 83.1 Å². The second-order valence-electron chi connectivity index (χ2n) is 5.71. The van der Waals surface area contributed by atoms with Gasteiger partial charge in [-0.1, -0.05) is 34.1 Å². The molecule has 0 amide bonds. The summed E-state index contributed by atoms with van der Waals surface area (Å²) in [5, 5.41) is 0. The molecule has 78 valence electrons. The lowest BCUT2D eigenvalue weighted by Crippen LogP contribution is -2.39. The zero-order valence-electron chi connectivity index (χ0n) is 9.64. The molecular weight excluding hydrogens is 158 g/mol. The summed E-state index contributed by atoms with van der Waals surface area (Å²) in [5.74, 6) is 1.66. The molecule has 0 heterocycles. The molecule has 2 N–H and O–H groups in total. The molecule has 0 spiro atoms. The summed E-state index contributed by atoms with van der Waals surface area (Å²) >= 11 is 0. The highest BCUT2D eigenvalue weighted by Crippen LogP contribution is 2.40. The third-order valence-electron chi connectivity index (χ3n) is 3.79. The molecule has 1 aliphatic carbocycles. The third-order valence-corrected chi connectivity index (χ3v) is 3.79. The number of rotatable bonds is 1. The van der Waals surface area contributed by atoms with Gasteiger partial charge in [0.25, 0.3) is 0 Å². The fourth-order valence-corrected chi connectivity index (χ4v) is 2.54. The van der Waals surface area contributed by atoms with Gasteiger partial charge in [0.2, 0.25) is 0 Å². The molecule has 13 heavy (non-hydrogen) atoms. The lowest BCUT2D eigenvalue weighted by atomic mass is 9.67. The van der Waals surface area contributed by atoms with Crippen molar-refractivity contribution in [1.82, 2.24) is 0 Å². The molecule has 1 rings (SSSR count). The topological polar surface area (TPSA) is 26.0 Å². The van der Waals surface area contributed by atoms with E-state index in [1.54, 1.807) is 0 Å². The van der Waals surface area contributed by atoms with Gasteiger partial charge in [-0.15, -0.1) is 0 Å². The van der Waals surface area contributed by atoms with Crippen molar-refractivity contribution in [3.05, 3.63) is 0 Å². The fourth-order valence-electron chi connectivity index (χ4n) is 2.54. The van der Waals surface area contributed by atoms with Crippen LogP contribution in [0.1, 0.15) is 53.4 Å². The molecule has 1 saturated carbocycles. The zero-order valence-corrected chi connectivity index (χ0v) is 9.64. The molecule has 1 heteroatoms. The highest BCUT2D eigenvalue weighted by molar-refractivity contribution is 4.86. The maximum atomic E-state index is 6.09. The van der Waals surface area contributed by atoms with E-state index < -0.39 is 0 Å². The summed E-state index contributed by atoms with van der Waals surface area (Å²) in [6.07, 6.45) is 5.18. The lowest BCUT2D eigenvalue weighted by molar-refractivity contribution is 0.125. The van der Waals surface area contributed by atoms with E-state index in [9.17, 15) is 0 Å². The number of hydrogen-bond acceptors (Lipinski definition) is 1. The van der Waals surface area contributed by atoms with Gasteiger partial charge in [-0.3, -0.25) is 0 Å². The van der Waals surface area contributed by atoms with Gasteiger partial charge in [-0.05, 0) is 36.5 Å². The van der Waals surface area contributed by atoms with E-state index in [2.05, 4.69) is 27.7 Å². The van der Waals surface area contributed by atoms with E-state index in [0.29, 0.717) is 11.5 Å². The van der Waals surface area contributed by atoms with E-state index >= 15 is 0 Å². The SMILES string of the molecule is CCC1CC(C(C)(C)C)CCC1N. The molecule has 1 fully saturated rings. The van der Waals surface area contributed by atoms with Crippen LogP contribution in [0.4, 0.5) is 0 Å². The number of hydrogen-bond donors (Lipinski definition) is 1. The molecule has 0 aromatic rings. The van der Waals surface area contributed by atoms with Crippen LogP contribution in [0, 0.1) is 17.3 Å². The molecule has 1 aliphatic rings. The van der Waals surface area contributed by atoms with Crippen molar-refractivity contribution in [3.63, 3.8) is 0 Å². The smallest absolute Gasteiger partial charge is 0.00672 e. The van der Waals surface area contributed by atoms with Gasteiger partial charge in [-0.25, -0.2) is 0 Å². The van der Waals surface area contributed by atoms with Crippen molar-refractivity contribution in [2.45, 2.75) is 59.4 Å². The van der Waals surface area contributed by atoms with Gasteiger partial charge in [0.15, 0.2) is 0 Å². The molecule has 0 radical (unpaired) electrons. The van der Waals surface area contributed by atoms with Crippen molar-refractivity contribution in [1.29, 1.82) is 0 Å². The Bertz CT molecular complexity index is 157. The first-order chi connectivity index (χ1) is 5.95. The minimum atomic E-state index is 0.476. The van der Waals surface area contributed by atoms with Crippen LogP contribution >= 0.6 is 0 Å². The summed E-state index contributed by atoms with van der Waals surface area (Å²) in [7, 11) is 0. The standard InChI is InChI=1S/C12H25N/c1-5-9-8-10(12(2,3)4)6-7-11(9)13/h9-11H,5-8,13H2,1-4H3. The second kappa shape index (κ2) is 4.00. The Morgan fingerprint density at radius 1 is 1.23 bits per heavy atom. The van der Waals surface area contributed by atoms with Gasteiger partial charge in [-0.2, -0.15) is 0 Å². The maximum absolute atomic E-state index is 6.09. The van der Waals surface area contributed by atoms with E-state index in [4.69, 9.17) is 5.73 Å². The average molecular weight is 183 g/mol. The minimum Gasteiger partial charge on any atom is -0.327 e. The summed E-state index contributed by atoms with van der Waals surface area (Å²) in [6, 6.07) is 0.476. The van der Waals surface area contributed by atoms with E-state index in [-0.39, 0.29) is 0 Å². The van der Waals surface area contributed by atoms with Crippen molar-refractivity contribution in [2.75, 3.05) is 0 Å². The first-order valence-electron chi connectivity index (χ1n) is 5.70. The zero-order chi connectivity index (χ0) is 10.1. The van der Waals surface area contributed by atoms with Crippen LogP contribution < -0.4 is 5.73 Å². The van der Waals surface area contributed by atoms with E-state index in [1.807, 2.05) is 0 Å². The Hall–Kier alpha value is -0.0400. The van der Waals surface area contributed by atoms with Crippen LogP contribution in [0.25, 0.3) is 0 Å². The predicted octanol–water partition coefficient (Wildman–Crippen LogP) is 3.19. The molecule has 0 aliphatic heterocycles. The van der Waals surface area contributed by atoms with Gasteiger partial charge < -0.3 is 5.73 Å². The highest BCUT2D eigenvalue weighted by atomic mass is 14.7. The molecule has 3 unspecified atom stereocenters. The molecule has 0 aromatic heterocycles. The lowest BCUT2D eigenvalue weighted by Gasteiger charge is -2.40. The molecule has 0 bridgehead atoms. The van der Waals surface area contributed by atoms with Crippen molar-refractivity contribution in [3.8, 4) is 0 Å². The van der Waals surface area contributed by atoms with Crippen LogP contribution in [-0.4, -0.2) is 6.04 Å². The van der Waals surface area contributed by atoms with E-state index in [1.165, 1.54) is 25.7 Å². The maximum Gasteiger partial charge on any atom is 0.00672 e. The van der Waals surface area contributed by atoms with Gasteiger partial charge in [0, 0.05) is 6.04 Å². The first kappa shape index (κ1) is 11.0. The van der Waals surface area contributed by atoms with Crippen LogP contribution in [-0.2, 0) is 0 Å². The molecule has 1 nitrogen and oxygen atoms in total. The van der Waals surface area contributed by atoms with E-state index in [0.717, 1.165) is 11.8 Å². The highest BCUT2D eigenvalue weighted by Gasteiger charge is 2.33. The van der Waals surface area contributed by atoms with Crippen LogP contribution in [0.5, 0.6) is 0 Å². The summed E-state index contributed by atoms with van der Waals surface area (Å²) in [4.78, 5) is 0. The predicted molar refractivity (Wildman–Crippen MR) is 58.6 cm³/mol. The molecular formula is C12H25N. The van der Waals surface area contributed by atoms with Crippen molar-refractivity contribution in [2.24, 2.45) is 23.0 Å². The van der Waals surface area contributed by atoms with Gasteiger partial charge >= 0.3 is 0 Å². The second-order valence-corrected chi connectivity index (χ2v) is 5.71. The van der Waals surface area contributed by atoms with Crippen LogP contribution in [0.2, 0.25) is 0 Å². The quantitative estimate of drug-likeness (QED) is 0.664. The fraction of sp³-hybridized carbons (Fsp3) is 1.00. The molecule has 0 saturated heterocycles. The van der Waals surface area contributed by atoms with Crippen molar-refractivity contribution >= 4 is 0 Å². The van der Waals surface area contributed by atoms with Gasteiger partial charge in [0.1, 0.15) is 0 Å². The Kier molecular flexibility index (Phi) is 3.39. The number of nitrogens with two attached hydrogens (primary N) is 1. The Morgan fingerprint density at radius 3 is 2.31 bits per heavy atom. The summed E-state index contributed by atoms with van der Waals surface area (Å²) < 4.78 is 0. The summed E-state index contributed by atoms with van der Waals surface area (Å²) in [6.45, 7) is 9.36. The normalized spacial score (nSPS) is 36.2. The Morgan fingerprint density at radius 2 is 1.85 bits per heavy atom. The first-order valence-corrected chi connectivity index (χ1v) is 5.70.